The molecule has 1 amide bonds. The Morgan fingerprint density at radius 2 is 1.79 bits per heavy atom. The largest absolute Gasteiger partial charge is 0.337 e. The molecule has 0 aliphatic carbocycles. The zero-order valence-electron chi connectivity index (χ0n) is 23.1. The minimum absolute atomic E-state index is 0.0466. The molecule has 0 fully saturated rings. The van der Waals surface area contributed by atoms with Crippen molar-refractivity contribution in [1.29, 1.82) is 5.26 Å². The summed E-state index contributed by atoms with van der Waals surface area (Å²) in [6.45, 7) is 13.0. The van der Waals surface area contributed by atoms with Crippen molar-refractivity contribution in [2.45, 2.75) is 59.4 Å². The van der Waals surface area contributed by atoms with Crippen LogP contribution in [0.2, 0.25) is 0 Å². The van der Waals surface area contributed by atoms with Crippen LogP contribution in [0.3, 0.4) is 0 Å². The van der Waals surface area contributed by atoms with Crippen LogP contribution in [0.4, 0.5) is 8.78 Å². The first kappa shape index (κ1) is 28.0. The zero-order chi connectivity index (χ0) is 28.3. The van der Waals surface area contributed by atoms with E-state index in [1.54, 1.807) is 13.8 Å². The molecule has 2 aromatic rings. The van der Waals surface area contributed by atoms with Gasteiger partial charge in [-0.2, -0.15) is 5.26 Å². The average molecular weight is 528 g/mol. The number of nitrogens with zero attached hydrogens (tertiary/aromatic N) is 3. The van der Waals surface area contributed by atoms with E-state index in [2.05, 4.69) is 29.7 Å². The number of rotatable bonds is 7. The van der Waals surface area contributed by atoms with E-state index in [-0.39, 0.29) is 30.2 Å². The summed E-state index contributed by atoms with van der Waals surface area (Å²) in [6, 6.07) is 14.3. The van der Waals surface area contributed by atoms with Crippen molar-refractivity contribution in [2.75, 3.05) is 6.54 Å². The standard InChI is InChI=1S/C33H35F2N3O/c1-22(2)32(38-17-9-11-24(23(38)3)15-16-27-29(34)13-8-14-30(27)35)28-20-37(31(39)18-33(4,5)21-36)19-25-10-6-7-12-26(25)28/h6-14,17,28H,3,15-16,18-20H2,1-2,4-5H3. The van der Waals surface area contributed by atoms with E-state index < -0.39 is 17.0 Å². The molecule has 0 spiro atoms. The third-order valence-electron chi connectivity index (χ3n) is 7.45. The second-order valence-corrected chi connectivity index (χ2v) is 11.1. The Hall–Kier alpha value is -3.98. The molecule has 4 rings (SSSR count). The van der Waals surface area contributed by atoms with Gasteiger partial charge in [0.05, 0.1) is 11.5 Å². The van der Waals surface area contributed by atoms with E-state index in [4.69, 9.17) is 0 Å². The van der Waals surface area contributed by atoms with Gasteiger partial charge < -0.3 is 9.80 Å². The molecule has 4 nitrogen and oxygen atoms in total. The molecule has 2 heterocycles. The van der Waals surface area contributed by atoms with Gasteiger partial charge in [-0.3, -0.25) is 4.79 Å². The summed E-state index contributed by atoms with van der Waals surface area (Å²) in [5, 5.41) is 9.48. The normalized spacial score (nSPS) is 16.9. The molecule has 202 valence electrons. The van der Waals surface area contributed by atoms with Gasteiger partial charge in [0.2, 0.25) is 5.91 Å². The maximum atomic E-state index is 14.3. The number of fused-ring (bicyclic) bond motifs is 1. The van der Waals surface area contributed by atoms with E-state index in [0.717, 1.165) is 33.7 Å². The fraction of sp³-hybridized carbons (Fsp3) is 0.333. The number of benzene rings is 2. The molecular formula is C33H35F2N3O. The van der Waals surface area contributed by atoms with Crippen molar-refractivity contribution in [2.24, 2.45) is 5.41 Å². The van der Waals surface area contributed by atoms with Gasteiger partial charge >= 0.3 is 0 Å². The monoisotopic (exact) mass is 527 g/mol. The molecule has 39 heavy (non-hydrogen) atoms. The van der Waals surface area contributed by atoms with Crippen molar-refractivity contribution in [3.8, 4) is 6.07 Å². The highest BCUT2D eigenvalue weighted by molar-refractivity contribution is 5.78. The smallest absolute Gasteiger partial charge is 0.224 e. The Bertz CT molecular complexity index is 1400. The number of hydrogen-bond donors (Lipinski definition) is 0. The van der Waals surface area contributed by atoms with Crippen molar-refractivity contribution < 1.29 is 13.6 Å². The van der Waals surface area contributed by atoms with Gasteiger partial charge in [-0.15, -0.1) is 0 Å². The Kier molecular flexibility index (Phi) is 8.20. The maximum absolute atomic E-state index is 14.3. The number of allylic oxidation sites excluding steroid dienone is 4. The Labute approximate surface area is 230 Å². The molecule has 1 atom stereocenters. The van der Waals surface area contributed by atoms with Gasteiger partial charge in [-0.25, -0.2) is 8.78 Å². The summed E-state index contributed by atoms with van der Waals surface area (Å²) in [5.74, 6) is -1.25. The van der Waals surface area contributed by atoms with Crippen LogP contribution >= 0.6 is 0 Å². The topological polar surface area (TPSA) is 47.3 Å². The van der Waals surface area contributed by atoms with Gasteiger partial charge in [0.15, 0.2) is 0 Å². The molecule has 1 unspecified atom stereocenters. The number of carbonyl (C=O) groups is 1. The van der Waals surface area contributed by atoms with Gasteiger partial charge in [0.1, 0.15) is 11.6 Å². The van der Waals surface area contributed by atoms with Crippen LogP contribution in [0, 0.1) is 28.4 Å². The maximum Gasteiger partial charge on any atom is 0.224 e. The molecule has 0 saturated carbocycles. The number of nitriles is 1. The van der Waals surface area contributed by atoms with Gasteiger partial charge in [-0.05, 0) is 75.4 Å². The van der Waals surface area contributed by atoms with E-state index in [9.17, 15) is 18.8 Å². The molecule has 0 aromatic heterocycles. The van der Waals surface area contributed by atoms with E-state index in [0.29, 0.717) is 19.5 Å². The molecule has 0 bridgehead atoms. The van der Waals surface area contributed by atoms with E-state index >= 15 is 0 Å². The molecule has 2 aliphatic heterocycles. The van der Waals surface area contributed by atoms with Gasteiger partial charge in [0.25, 0.3) is 0 Å². The number of hydrogen-bond acceptors (Lipinski definition) is 3. The van der Waals surface area contributed by atoms with Crippen LogP contribution in [0.5, 0.6) is 0 Å². The van der Waals surface area contributed by atoms with Crippen LogP contribution in [-0.4, -0.2) is 22.3 Å². The lowest BCUT2D eigenvalue weighted by molar-refractivity contribution is -0.133. The van der Waals surface area contributed by atoms with Crippen LogP contribution < -0.4 is 0 Å². The minimum Gasteiger partial charge on any atom is -0.337 e. The lowest BCUT2D eigenvalue weighted by Gasteiger charge is -2.41. The second-order valence-electron chi connectivity index (χ2n) is 11.1. The fourth-order valence-corrected chi connectivity index (χ4v) is 5.39. The first-order chi connectivity index (χ1) is 18.5. The fourth-order valence-electron chi connectivity index (χ4n) is 5.39. The molecule has 0 radical (unpaired) electrons. The van der Waals surface area contributed by atoms with Crippen LogP contribution in [-0.2, 0) is 17.8 Å². The third-order valence-corrected chi connectivity index (χ3v) is 7.45. The van der Waals surface area contributed by atoms with Crippen LogP contribution in [0.25, 0.3) is 0 Å². The second kappa shape index (κ2) is 11.4. The minimum atomic E-state index is -0.746. The van der Waals surface area contributed by atoms with E-state index in [1.807, 2.05) is 49.2 Å². The molecule has 0 N–H and O–H groups in total. The SMILES string of the molecule is C=C1C(CCc2c(F)cccc2F)=CC=CN1C(=C(C)C)C1CN(C(=O)CC(C)(C)C#N)Cc2ccccc21. The summed E-state index contributed by atoms with van der Waals surface area (Å²) in [6.07, 6.45) is 6.63. The first-order valence-corrected chi connectivity index (χ1v) is 13.3. The number of halogens is 2. The highest BCUT2D eigenvalue weighted by Gasteiger charge is 2.35. The highest BCUT2D eigenvalue weighted by Crippen LogP contribution is 2.41. The average Bonchev–Trinajstić information content (AvgIpc) is 2.89. The predicted octanol–water partition coefficient (Wildman–Crippen LogP) is 7.53. The molecule has 2 aliphatic rings. The van der Waals surface area contributed by atoms with E-state index in [1.165, 1.54) is 18.2 Å². The van der Waals surface area contributed by atoms with Crippen molar-refractivity contribution in [3.63, 3.8) is 0 Å². The van der Waals surface area contributed by atoms with Crippen molar-refractivity contribution >= 4 is 5.91 Å². The van der Waals surface area contributed by atoms with Crippen LogP contribution in [0.15, 0.2) is 89.9 Å². The van der Waals surface area contributed by atoms with Gasteiger partial charge in [0, 0.05) is 48.6 Å². The quantitative estimate of drug-likeness (QED) is 0.374. The molecule has 6 heteroatoms. The summed E-state index contributed by atoms with van der Waals surface area (Å²) in [4.78, 5) is 17.2. The van der Waals surface area contributed by atoms with Crippen LogP contribution in [0.1, 0.15) is 63.1 Å². The molecule has 2 aromatic carbocycles. The molecule has 0 saturated heterocycles. The number of carbonyl (C=O) groups excluding carboxylic acids is 1. The lowest BCUT2D eigenvalue weighted by Crippen LogP contribution is -2.42. The van der Waals surface area contributed by atoms with Crippen molar-refractivity contribution in [3.05, 3.63) is 118 Å². The summed E-state index contributed by atoms with van der Waals surface area (Å²) in [5.41, 5.74) is 5.30. The Balaban J connectivity index is 1.62. The van der Waals surface area contributed by atoms with Crippen molar-refractivity contribution in [1.82, 2.24) is 9.80 Å². The highest BCUT2D eigenvalue weighted by atomic mass is 19.1. The molecular weight excluding hydrogens is 492 g/mol. The Morgan fingerprint density at radius 3 is 2.46 bits per heavy atom. The predicted molar refractivity (Wildman–Crippen MR) is 150 cm³/mol. The summed E-state index contributed by atoms with van der Waals surface area (Å²) in [7, 11) is 0. The lowest BCUT2D eigenvalue weighted by atomic mass is 9.83. The summed E-state index contributed by atoms with van der Waals surface area (Å²) < 4.78 is 28.5. The summed E-state index contributed by atoms with van der Waals surface area (Å²) >= 11 is 0. The Morgan fingerprint density at radius 1 is 1.10 bits per heavy atom. The zero-order valence-corrected chi connectivity index (χ0v) is 23.1. The third kappa shape index (κ3) is 6.04. The van der Waals surface area contributed by atoms with Gasteiger partial charge in [-0.1, -0.05) is 48.6 Å². The number of amides is 1. The first-order valence-electron chi connectivity index (χ1n) is 13.3.